The second-order valence-corrected chi connectivity index (χ2v) is 4.58. The minimum Gasteiger partial charge on any atom is -0.507 e. The maximum absolute atomic E-state index is 13.4. The number of rotatable bonds is 2. The molecule has 0 aliphatic heterocycles. The predicted octanol–water partition coefficient (Wildman–Crippen LogP) is 3.69. The number of hydrogen-bond donors (Lipinski definition) is 2. The van der Waals surface area contributed by atoms with Gasteiger partial charge in [-0.3, -0.25) is 4.79 Å². The molecule has 0 unspecified atom stereocenters. The molecular weight excluding hydrogens is 320 g/mol. The van der Waals surface area contributed by atoms with Gasteiger partial charge in [-0.05, 0) is 46.3 Å². The fraction of sp³-hybridized carbons (Fsp3) is 0. The molecule has 98 valence electrons. The van der Waals surface area contributed by atoms with Crippen molar-refractivity contribution in [1.29, 1.82) is 0 Å². The lowest BCUT2D eigenvalue weighted by molar-refractivity contribution is 0.102. The largest absolute Gasteiger partial charge is 0.507 e. The molecule has 0 saturated heterocycles. The Hall–Kier alpha value is -1.95. The van der Waals surface area contributed by atoms with Crippen molar-refractivity contribution in [2.24, 2.45) is 0 Å². The highest BCUT2D eigenvalue weighted by molar-refractivity contribution is 9.10. The number of carbonyl (C=O) groups excluding carboxylic acids is 1. The van der Waals surface area contributed by atoms with E-state index >= 15 is 0 Å². The number of halogens is 3. The van der Waals surface area contributed by atoms with Gasteiger partial charge in [0.2, 0.25) is 0 Å². The predicted molar refractivity (Wildman–Crippen MR) is 70.1 cm³/mol. The summed E-state index contributed by atoms with van der Waals surface area (Å²) in [6.07, 6.45) is 0. The zero-order valence-corrected chi connectivity index (χ0v) is 11.0. The molecule has 2 N–H and O–H groups in total. The molecule has 6 heteroatoms. The third kappa shape index (κ3) is 2.90. The van der Waals surface area contributed by atoms with Gasteiger partial charge in [0.1, 0.15) is 5.75 Å². The van der Waals surface area contributed by atoms with E-state index in [-0.39, 0.29) is 17.0 Å². The van der Waals surface area contributed by atoms with Crippen LogP contribution < -0.4 is 5.32 Å². The maximum Gasteiger partial charge on any atom is 0.255 e. The number of amides is 1. The molecule has 0 atom stereocenters. The molecule has 1 amide bonds. The van der Waals surface area contributed by atoms with Crippen LogP contribution in [-0.4, -0.2) is 11.0 Å². The molecule has 0 heterocycles. The fourth-order valence-corrected chi connectivity index (χ4v) is 1.70. The third-order valence-electron chi connectivity index (χ3n) is 2.41. The smallest absolute Gasteiger partial charge is 0.255 e. The molecule has 0 saturated carbocycles. The second-order valence-electron chi connectivity index (χ2n) is 3.72. The highest BCUT2D eigenvalue weighted by Gasteiger charge is 2.13. The summed E-state index contributed by atoms with van der Waals surface area (Å²) < 4.78 is 26.8. The summed E-state index contributed by atoms with van der Waals surface area (Å²) >= 11 is 3.08. The fourth-order valence-electron chi connectivity index (χ4n) is 1.45. The Morgan fingerprint density at radius 1 is 1.21 bits per heavy atom. The molecule has 0 fully saturated rings. The summed E-state index contributed by atoms with van der Waals surface area (Å²) in [4.78, 5) is 11.8. The lowest BCUT2D eigenvalue weighted by Crippen LogP contribution is -2.13. The maximum atomic E-state index is 13.4. The minimum atomic E-state index is -1.13. The van der Waals surface area contributed by atoms with Crippen molar-refractivity contribution in [1.82, 2.24) is 0 Å². The monoisotopic (exact) mass is 327 g/mol. The van der Waals surface area contributed by atoms with Crippen LogP contribution in [0.4, 0.5) is 14.5 Å². The summed E-state index contributed by atoms with van der Waals surface area (Å²) in [5.74, 6) is -2.94. The normalized spacial score (nSPS) is 10.3. The van der Waals surface area contributed by atoms with Crippen molar-refractivity contribution in [2.75, 3.05) is 5.32 Å². The minimum absolute atomic E-state index is 0.118. The Balaban J connectivity index is 2.26. The Bertz CT molecular complexity index is 647. The van der Waals surface area contributed by atoms with E-state index in [9.17, 15) is 18.7 Å². The van der Waals surface area contributed by atoms with Crippen molar-refractivity contribution in [3.63, 3.8) is 0 Å². The zero-order valence-electron chi connectivity index (χ0n) is 9.45. The summed E-state index contributed by atoms with van der Waals surface area (Å²) in [7, 11) is 0. The van der Waals surface area contributed by atoms with E-state index in [0.717, 1.165) is 6.07 Å². The van der Waals surface area contributed by atoms with E-state index in [1.54, 1.807) is 0 Å². The van der Waals surface area contributed by atoms with Crippen LogP contribution in [-0.2, 0) is 0 Å². The second kappa shape index (κ2) is 5.36. The Morgan fingerprint density at radius 3 is 2.63 bits per heavy atom. The van der Waals surface area contributed by atoms with Gasteiger partial charge in [0.15, 0.2) is 11.6 Å². The van der Waals surface area contributed by atoms with Gasteiger partial charge < -0.3 is 10.4 Å². The molecule has 0 aliphatic carbocycles. The molecule has 3 nitrogen and oxygen atoms in total. The van der Waals surface area contributed by atoms with Crippen LogP contribution in [0.5, 0.6) is 5.75 Å². The SMILES string of the molecule is O=C(Nc1cccc(F)c1F)c1ccc(Br)c(O)c1. The van der Waals surface area contributed by atoms with Crippen LogP contribution in [0.3, 0.4) is 0 Å². The van der Waals surface area contributed by atoms with Crippen molar-refractivity contribution in [2.45, 2.75) is 0 Å². The summed E-state index contributed by atoms with van der Waals surface area (Å²) in [6, 6.07) is 7.62. The van der Waals surface area contributed by atoms with Gasteiger partial charge in [0.05, 0.1) is 10.2 Å². The molecule has 0 spiro atoms. The molecular formula is C13H8BrF2NO2. The molecule has 2 aromatic carbocycles. The lowest BCUT2D eigenvalue weighted by Gasteiger charge is -2.07. The van der Waals surface area contributed by atoms with E-state index in [1.807, 2.05) is 0 Å². The van der Waals surface area contributed by atoms with Gasteiger partial charge in [-0.25, -0.2) is 8.78 Å². The number of anilines is 1. The number of hydrogen-bond acceptors (Lipinski definition) is 2. The van der Waals surface area contributed by atoms with E-state index < -0.39 is 17.5 Å². The van der Waals surface area contributed by atoms with Crippen LogP contribution in [0.1, 0.15) is 10.4 Å². The lowest BCUT2D eigenvalue weighted by atomic mass is 10.2. The third-order valence-corrected chi connectivity index (χ3v) is 3.08. The quantitative estimate of drug-likeness (QED) is 0.883. The first-order valence-electron chi connectivity index (χ1n) is 5.23. The van der Waals surface area contributed by atoms with Crippen LogP contribution >= 0.6 is 15.9 Å². The topological polar surface area (TPSA) is 49.3 Å². The average Bonchev–Trinajstić information content (AvgIpc) is 2.38. The van der Waals surface area contributed by atoms with E-state index in [0.29, 0.717) is 4.47 Å². The Kier molecular flexibility index (Phi) is 3.80. The van der Waals surface area contributed by atoms with Crippen molar-refractivity contribution in [3.8, 4) is 5.75 Å². The molecule has 0 aliphatic rings. The first kappa shape index (κ1) is 13.5. The van der Waals surface area contributed by atoms with E-state index in [4.69, 9.17) is 0 Å². The first-order valence-corrected chi connectivity index (χ1v) is 6.02. The van der Waals surface area contributed by atoms with Crippen molar-refractivity contribution < 1.29 is 18.7 Å². The summed E-state index contributed by atoms with van der Waals surface area (Å²) in [6.45, 7) is 0. The van der Waals surface area contributed by atoms with Crippen molar-refractivity contribution in [3.05, 3.63) is 58.1 Å². The number of nitrogens with one attached hydrogen (secondary N) is 1. The van der Waals surface area contributed by atoms with Gasteiger partial charge >= 0.3 is 0 Å². The molecule has 2 aromatic rings. The van der Waals surface area contributed by atoms with Gasteiger partial charge in [-0.15, -0.1) is 0 Å². The molecule has 0 radical (unpaired) electrons. The highest BCUT2D eigenvalue weighted by Crippen LogP contribution is 2.25. The average molecular weight is 328 g/mol. The van der Waals surface area contributed by atoms with Crippen LogP contribution in [0, 0.1) is 11.6 Å². The van der Waals surface area contributed by atoms with Crippen LogP contribution in [0.25, 0.3) is 0 Å². The number of carbonyl (C=O) groups is 1. The Morgan fingerprint density at radius 2 is 1.95 bits per heavy atom. The standard InChI is InChI=1S/C13H8BrF2NO2/c14-8-5-4-7(6-11(8)18)13(19)17-10-3-1-2-9(15)12(10)16/h1-6,18H,(H,17,19). The molecule has 2 rings (SSSR count). The van der Waals surface area contributed by atoms with E-state index in [2.05, 4.69) is 21.2 Å². The highest BCUT2D eigenvalue weighted by atomic mass is 79.9. The summed E-state index contributed by atoms with van der Waals surface area (Å²) in [5, 5.41) is 11.7. The van der Waals surface area contributed by atoms with Crippen LogP contribution in [0.15, 0.2) is 40.9 Å². The summed E-state index contributed by atoms with van der Waals surface area (Å²) in [5.41, 5.74) is -0.128. The Labute approximate surface area is 116 Å². The van der Waals surface area contributed by atoms with Gasteiger partial charge in [-0.1, -0.05) is 6.07 Å². The molecule has 0 aromatic heterocycles. The number of phenolic OH excluding ortho intramolecular Hbond substituents is 1. The van der Waals surface area contributed by atoms with E-state index in [1.165, 1.54) is 30.3 Å². The number of aromatic hydroxyl groups is 1. The van der Waals surface area contributed by atoms with Crippen LogP contribution in [0.2, 0.25) is 0 Å². The van der Waals surface area contributed by atoms with Gasteiger partial charge in [0.25, 0.3) is 5.91 Å². The first-order chi connectivity index (χ1) is 8.99. The van der Waals surface area contributed by atoms with Crippen molar-refractivity contribution >= 4 is 27.5 Å². The molecule has 0 bridgehead atoms. The number of benzene rings is 2. The van der Waals surface area contributed by atoms with Gasteiger partial charge in [-0.2, -0.15) is 0 Å². The van der Waals surface area contributed by atoms with Gasteiger partial charge in [0, 0.05) is 5.56 Å². The zero-order chi connectivity index (χ0) is 14.0. The molecule has 19 heavy (non-hydrogen) atoms. The number of phenols is 1.